The maximum atomic E-state index is 9.19. The summed E-state index contributed by atoms with van der Waals surface area (Å²) in [5.74, 6) is 0. The first-order valence-corrected chi connectivity index (χ1v) is 16.6. The Hall–Kier alpha value is -2.22. The molecule has 0 aliphatic carbocycles. The Morgan fingerprint density at radius 3 is 1.29 bits per heavy atom. The molecule has 0 fully saturated rings. The van der Waals surface area contributed by atoms with Gasteiger partial charge in [0.1, 0.15) is 0 Å². The molecule has 1 N–H and O–H groups in total. The summed E-state index contributed by atoms with van der Waals surface area (Å²) >= 11 is -1.40. The zero-order chi connectivity index (χ0) is 24.4. The van der Waals surface area contributed by atoms with Crippen LogP contribution in [0.2, 0.25) is 5.21 Å². The van der Waals surface area contributed by atoms with Crippen LogP contribution in [0.3, 0.4) is 0 Å². The van der Waals surface area contributed by atoms with Crippen LogP contribution in [0.5, 0.6) is 0 Å². The predicted octanol–water partition coefficient (Wildman–Crippen LogP) is 5.01. The molecule has 0 bridgehead atoms. The maximum absolute atomic E-state index is 9.19. The molecule has 0 amide bonds. The van der Waals surface area contributed by atoms with Crippen molar-refractivity contribution in [3.63, 3.8) is 0 Å². The number of hydrogen-bond donors (Lipinski definition) is 1. The standard InChI is InChI=1S/C27H26AsP.CH4O3S/c29-27(23-13-5-1-6-14-23,24-15-7-2-8-16-24)21-22-28(25-17-9-3-10-18-25)26-19-11-4-12-20-26;1-5(2,3)4/h1-20H,21-22,29H2;1H3,(H,2,3,4). The van der Waals surface area contributed by atoms with Crippen molar-refractivity contribution in [1.29, 1.82) is 0 Å². The summed E-state index contributed by atoms with van der Waals surface area (Å²) < 4.78 is 28.9. The molecular weight excluding hydrogens is 522 g/mol. The molecule has 1 atom stereocenters. The minimum absolute atomic E-state index is 0.0704. The van der Waals surface area contributed by atoms with Crippen molar-refractivity contribution in [3.8, 4) is 0 Å². The van der Waals surface area contributed by atoms with Crippen molar-refractivity contribution in [3.05, 3.63) is 132 Å². The van der Waals surface area contributed by atoms with Crippen molar-refractivity contribution in [2.45, 2.75) is 16.8 Å². The number of benzene rings is 4. The van der Waals surface area contributed by atoms with Gasteiger partial charge in [0.05, 0.1) is 6.26 Å². The summed E-state index contributed by atoms with van der Waals surface area (Å²) in [6.07, 6.45) is 1.82. The predicted molar refractivity (Wildman–Crippen MR) is 148 cm³/mol. The van der Waals surface area contributed by atoms with Crippen LogP contribution in [0.1, 0.15) is 17.5 Å². The summed E-state index contributed by atoms with van der Waals surface area (Å²) in [6, 6.07) is 44.1. The molecule has 4 aromatic rings. The van der Waals surface area contributed by atoms with Crippen LogP contribution in [0.15, 0.2) is 121 Å². The fraction of sp³-hybridized carbons (Fsp3) is 0.143. The van der Waals surface area contributed by atoms with Crippen LogP contribution in [-0.4, -0.2) is 33.9 Å². The Kier molecular flexibility index (Phi) is 9.68. The summed E-state index contributed by atoms with van der Waals surface area (Å²) in [4.78, 5) is 0. The minimum atomic E-state index is -3.67. The third kappa shape index (κ3) is 7.93. The molecular formula is C28H30AsO3PS. The molecule has 6 heteroatoms. The van der Waals surface area contributed by atoms with Crippen LogP contribution in [0, 0.1) is 0 Å². The van der Waals surface area contributed by atoms with E-state index in [2.05, 4.69) is 131 Å². The van der Waals surface area contributed by atoms with Gasteiger partial charge in [-0.1, -0.05) is 0 Å². The second kappa shape index (κ2) is 12.5. The summed E-state index contributed by atoms with van der Waals surface area (Å²) in [7, 11) is -0.458. The van der Waals surface area contributed by atoms with Gasteiger partial charge in [-0.15, -0.1) is 0 Å². The van der Waals surface area contributed by atoms with E-state index in [1.165, 1.54) is 25.0 Å². The van der Waals surface area contributed by atoms with Gasteiger partial charge < -0.3 is 0 Å². The fourth-order valence-electron chi connectivity index (χ4n) is 3.84. The quantitative estimate of drug-likeness (QED) is 0.199. The van der Waals surface area contributed by atoms with Gasteiger partial charge in [0.25, 0.3) is 10.1 Å². The Morgan fingerprint density at radius 1 is 0.676 bits per heavy atom. The van der Waals surface area contributed by atoms with E-state index in [1.54, 1.807) is 0 Å². The topological polar surface area (TPSA) is 54.4 Å². The van der Waals surface area contributed by atoms with E-state index < -0.39 is 24.8 Å². The van der Waals surface area contributed by atoms with Crippen LogP contribution in [0.4, 0.5) is 0 Å². The van der Waals surface area contributed by atoms with E-state index in [1.807, 2.05) is 0 Å². The average Bonchev–Trinajstić information content (AvgIpc) is 2.85. The molecule has 0 saturated carbocycles. The van der Waals surface area contributed by atoms with Gasteiger partial charge in [0.15, 0.2) is 0 Å². The first kappa shape index (κ1) is 26.4. The molecule has 1 unspecified atom stereocenters. The van der Waals surface area contributed by atoms with E-state index in [0.717, 1.165) is 6.42 Å². The van der Waals surface area contributed by atoms with Crippen LogP contribution >= 0.6 is 9.24 Å². The van der Waals surface area contributed by atoms with E-state index in [-0.39, 0.29) is 5.16 Å². The van der Waals surface area contributed by atoms with Gasteiger partial charge >= 0.3 is 182 Å². The van der Waals surface area contributed by atoms with Crippen LogP contribution in [-0.2, 0) is 15.3 Å². The Labute approximate surface area is 210 Å². The molecule has 0 aliphatic heterocycles. The van der Waals surface area contributed by atoms with Crippen LogP contribution < -0.4 is 8.70 Å². The monoisotopic (exact) mass is 552 g/mol. The van der Waals surface area contributed by atoms with E-state index in [4.69, 9.17) is 4.55 Å². The Morgan fingerprint density at radius 2 is 0.971 bits per heavy atom. The molecule has 4 aromatic carbocycles. The molecule has 34 heavy (non-hydrogen) atoms. The third-order valence-electron chi connectivity index (χ3n) is 5.44. The second-order valence-electron chi connectivity index (χ2n) is 8.01. The fourth-order valence-corrected chi connectivity index (χ4v) is 10.0. The summed E-state index contributed by atoms with van der Waals surface area (Å²) in [5.41, 5.74) is 2.73. The van der Waals surface area contributed by atoms with Crippen molar-refractivity contribution < 1.29 is 13.0 Å². The molecule has 4 rings (SSSR count). The number of rotatable bonds is 7. The first-order valence-electron chi connectivity index (χ1n) is 11.0. The second-order valence-corrected chi connectivity index (χ2v) is 15.4. The summed E-state index contributed by atoms with van der Waals surface area (Å²) in [5, 5.41) is 1.15. The van der Waals surface area contributed by atoms with E-state index in [0.29, 0.717) is 6.26 Å². The molecule has 0 radical (unpaired) electrons. The van der Waals surface area contributed by atoms with Gasteiger partial charge in [0, 0.05) is 0 Å². The SMILES string of the molecule is CS(=O)(=O)O.PC(CC[As](c1ccccc1)c1ccccc1)(c1ccccc1)c1ccccc1. The Balaban J connectivity index is 0.000000588. The molecule has 0 aromatic heterocycles. The van der Waals surface area contributed by atoms with Crippen LogP contribution in [0.25, 0.3) is 0 Å². The molecule has 176 valence electrons. The van der Waals surface area contributed by atoms with Crippen molar-refractivity contribution in [2.24, 2.45) is 0 Å². The van der Waals surface area contributed by atoms with E-state index in [9.17, 15) is 8.42 Å². The van der Waals surface area contributed by atoms with Crippen molar-refractivity contribution in [1.82, 2.24) is 0 Å². The summed E-state index contributed by atoms with van der Waals surface area (Å²) in [6.45, 7) is 0. The zero-order valence-corrected chi connectivity index (χ0v) is 23.0. The third-order valence-corrected chi connectivity index (χ3v) is 11.7. The van der Waals surface area contributed by atoms with Gasteiger partial charge in [-0.05, 0) is 0 Å². The Bertz CT molecular complexity index is 1150. The van der Waals surface area contributed by atoms with Crippen molar-refractivity contribution >= 4 is 42.7 Å². The number of hydrogen-bond acceptors (Lipinski definition) is 2. The zero-order valence-electron chi connectivity index (χ0n) is 19.2. The van der Waals surface area contributed by atoms with Gasteiger partial charge in [0.2, 0.25) is 0 Å². The molecule has 0 saturated heterocycles. The molecule has 3 nitrogen and oxygen atoms in total. The van der Waals surface area contributed by atoms with Gasteiger partial charge in [-0.2, -0.15) is 8.42 Å². The molecule has 0 aliphatic rings. The first-order chi connectivity index (χ1) is 16.3. The van der Waals surface area contributed by atoms with E-state index >= 15 is 0 Å². The average molecular weight is 553 g/mol. The normalized spacial score (nSPS) is 11.5. The van der Waals surface area contributed by atoms with Crippen molar-refractivity contribution in [2.75, 3.05) is 6.26 Å². The van der Waals surface area contributed by atoms with Gasteiger partial charge in [-0.3, -0.25) is 4.55 Å². The molecule has 0 heterocycles. The molecule has 0 spiro atoms. The van der Waals surface area contributed by atoms with Gasteiger partial charge in [-0.25, -0.2) is 0 Å².